The van der Waals surface area contributed by atoms with Crippen molar-refractivity contribution >= 4 is 16.7 Å². The van der Waals surface area contributed by atoms with Gasteiger partial charge in [0.2, 0.25) is 0 Å². The Morgan fingerprint density at radius 1 is 1.00 bits per heavy atom. The van der Waals surface area contributed by atoms with Crippen molar-refractivity contribution in [1.29, 1.82) is 0 Å². The average Bonchev–Trinajstić information content (AvgIpc) is 3.49. The third-order valence-corrected chi connectivity index (χ3v) is 6.68. The fourth-order valence-corrected chi connectivity index (χ4v) is 5.02. The molecule has 2 aromatic carbocycles. The second kappa shape index (κ2) is 8.37. The van der Waals surface area contributed by atoms with Crippen LogP contribution >= 0.6 is 0 Å². The van der Waals surface area contributed by atoms with E-state index in [2.05, 4.69) is 20.1 Å². The number of aromatic nitrogens is 2. The molecule has 0 radical (unpaired) electrons. The van der Waals surface area contributed by atoms with Gasteiger partial charge in [0.25, 0.3) is 0 Å². The highest BCUT2D eigenvalue weighted by atomic mass is 19.4. The first-order chi connectivity index (χ1) is 15.4. The van der Waals surface area contributed by atoms with Crippen molar-refractivity contribution in [2.75, 3.05) is 31.1 Å². The summed E-state index contributed by atoms with van der Waals surface area (Å²) in [7, 11) is 0. The van der Waals surface area contributed by atoms with Crippen LogP contribution < -0.4 is 4.90 Å². The standard InChI is InChI=1S/C23H25F3N4O2/c24-23(25,26)22(31)18-6-2-1-5-17(18)15-13-19-21(28-32-27-19)20(14-15)30-11-7-16(8-12-30)29-9-3-4-10-29/h1-2,5-6,13-14,16,22,31H,3-4,7-12H2. The number of hydrogen-bond donors (Lipinski definition) is 1. The van der Waals surface area contributed by atoms with Crippen LogP contribution in [0.25, 0.3) is 22.2 Å². The lowest BCUT2D eigenvalue weighted by molar-refractivity contribution is -0.206. The first kappa shape index (κ1) is 21.2. The number of anilines is 1. The third-order valence-electron chi connectivity index (χ3n) is 6.68. The van der Waals surface area contributed by atoms with Crippen molar-refractivity contribution in [1.82, 2.24) is 15.2 Å². The summed E-state index contributed by atoms with van der Waals surface area (Å²) in [5, 5.41) is 17.9. The van der Waals surface area contributed by atoms with E-state index < -0.39 is 12.3 Å². The van der Waals surface area contributed by atoms with E-state index in [0.717, 1.165) is 44.7 Å². The molecule has 0 spiro atoms. The molecule has 0 aliphatic carbocycles. The predicted molar refractivity (Wildman–Crippen MR) is 114 cm³/mol. The molecule has 9 heteroatoms. The van der Waals surface area contributed by atoms with Crippen molar-refractivity contribution < 1.29 is 22.9 Å². The Hall–Kier alpha value is -2.65. The molecule has 1 N–H and O–H groups in total. The maximum atomic E-state index is 13.3. The fraction of sp³-hybridized carbons (Fsp3) is 0.478. The molecule has 1 atom stereocenters. The molecule has 2 fully saturated rings. The molecule has 0 bridgehead atoms. The van der Waals surface area contributed by atoms with Gasteiger partial charge >= 0.3 is 6.18 Å². The van der Waals surface area contributed by atoms with Gasteiger partial charge in [0, 0.05) is 19.1 Å². The number of fused-ring (bicyclic) bond motifs is 1. The Labute approximate surface area is 183 Å². The third kappa shape index (κ3) is 3.95. The normalized spacial score (nSPS) is 19.7. The molecule has 32 heavy (non-hydrogen) atoms. The molecule has 2 aliphatic heterocycles. The number of likely N-dealkylation sites (tertiary alicyclic amines) is 1. The number of benzene rings is 2. The molecule has 2 saturated heterocycles. The first-order valence-electron chi connectivity index (χ1n) is 11.0. The van der Waals surface area contributed by atoms with Gasteiger partial charge in [0.15, 0.2) is 11.6 Å². The summed E-state index contributed by atoms with van der Waals surface area (Å²) in [6.07, 6.45) is -2.74. The van der Waals surface area contributed by atoms with Crippen molar-refractivity contribution in [2.24, 2.45) is 0 Å². The number of rotatable bonds is 4. The van der Waals surface area contributed by atoms with Gasteiger partial charge in [-0.25, -0.2) is 4.63 Å². The molecule has 3 aromatic rings. The molecule has 6 nitrogen and oxygen atoms in total. The maximum absolute atomic E-state index is 13.3. The highest BCUT2D eigenvalue weighted by Gasteiger charge is 2.40. The Morgan fingerprint density at radius 2 is 1.72 bits per heavy atom. The Morgan fingerprint density at radius 3 is 2.44 bits per heavy atom. The van der Waals surface area contributed by atoms with Crippen LogP contribution in [-0.4, -0.2) is 58.7 Å². The quantitative estimate of drug-likeness (QED) is 0.634. The second-order valence-electron chi connectivity index (χ2n) is 8.62. The molecular weight excluding hydrogens is 421 g/mol. The fourth-order valence-electron chi connectivity index (χ4n) is 5.02. The van der Waals surface area contributed by atoms with E-state index in [1.54, 1.807) is 18.2 Å². The number of nitrogens with zero attached hydrogens (tertiary/aromatic N) is 4. The summed E-state index contributed by atoms with van der Waals surface area (Å²) in [6.45, 7) is 3.99. The van der Waals surface area contributed by atoms with Crippen molar-refractivity contribution in [2.45, 2.75) is 44.0 Å². The molecule has 3 heterocycles. The zero-order valence-corrected chi connectivity index (χ0v) is 17.6. The van der Waals surface area contributed by atoms with Crippen LogP contribution in [0.4, 0.5) is 18.9 Å². The number of piperidine rings is 1. The number of aliphatic hydroxyl groups excluding tert-OH is 1. The van der Waals surface area contributed by atoms with E-state index in [-0.39, 0.29) is 5.56 Å². The predicted octanol–water partition coefficient (Wildman–Crippen LogP) is 4.55. The topological polar surface area (TPSA) is 65.6 Å². The molecule has 170 valence electrons. The van der Waals surface area contributed by atoms with Gasteiger partial charge in [-0.3, -0.25) is 0 Å². The van der Waals surface area contributed by atoms with Crippen molar-refractivity contribution in [3.05, 3.63) is 42.0 Å². The molecule has 0 amide bonds. The molecule has 1 unspecified atom stereocenters. The highest BCUT2D eigenvalue weighted by molar-refractivity contribution is 5.93. The number of hydrogen-bond acceptors (Lipinski definition) is 6. The minimum Gasteiger partial charge on any atom is -0.379 e. The molecule has 0 saturated carbocycles. The van der Waals surface area contributed by atoms with Gasteiger partial charge in [-0.1, -0.05) is 24.3 Å². The summed E-state index contributed by atoms with van der Waals surface area (Å²) in [5.41, 5.74) is 2.56. The van der Waals surface area contributed by atoms with E-state index in [1.165, 1.54) is 25.0 Å². The first-order valence-corrected chi connectivity index (χ1v) is 11.0. The summed E-state index contributed by atoms with van der Waals surface area (Å²) < 4.78 is 44.8. The minimum absolute atomic E-state index is 0.186. The number of alkyl halides is 3. The lowest BCUT2D eigenvalue weighted by Gasteiger charge is -2.37. The van der Waals surface area contributed by atoms with Gasteiger partial charge < -0.3 is 14.9 Å². The van der Waals surface area contributed by atoms with Crippen molar-refractivity contribution in [3.8, 4) is 11.1 Å². The zero-order chi connectivity index (χ0) is 22.3. The van der Waals surface area contributed by atoms with Crippen molar-refractivity contribution in [3.63, 3.8) is 0 Å². The maximum Gasteiger partial charge on any atom is 0.418 e. The summed E-state index contributed by atoms with van der Waals surface area (Å²) in [4.78, 5) is 4.78. The van der Waals surface area contributed by atoms with Gasteiger partial charge in [0.05, 0.1) is 5.69 Å². The zero-order valence-electron chi connectivity index (χ0n) is 17.6. The van der Waals surface area contributed by atoms with Crippen LogP contribution in [0.15, 0.2) is 41.0 Å². The Bertz CT molecular complexity index is 1090. The Balaban J connectivity index is 1.49. The second-order valence-corrected chi connectivity index (χ2v) is 8.62. The van der Waals surface area contributed by atoms with Crippen LogP contribution in [-0.2, 0) is 0 Å². The highest BCUT2D eigenvalue weighted by Crippen LogP contribution is 2.40. The molecule has 1 aromatic heterocycles. The monoisotopic (exact) mass is 446 g/mol. The van der Waals surface area contributed by atoms with E-state index in [1.807, 2.05) is 6.07 Å². The van der Waals surface area contributed by atoms with E-state index in [4.69, 9.17) is 4.63 Å². The summed E-state index contributed by atoms with van der Waals surface area (Å²) >= 11 is 0. The summed E-state index contributed by atoms with van der Waals surface area (Å²) in [6, 6.07) is 10.1. The van der Waals surface area contributed by atoms with Gasteiger partial charge in [0.1, 0.15) is 5.52 Å². The largest absolute Gasteiger partial charge is 0.418 e. The average molecular weight is 446 g/mol. The van der Waals surface area contributed by atoms with Crippen LogP contribution in [0.3, 0.4) is 0 Å². The van der Waals surface area contributed by atoms with Gasteiger partial charge in [-0.15, -0.1) is 0 Å². The van der Waals surface area contributed by atoms with Gasteiger partial charge in [-0.05, 0) is 77.9 Å². The van der Waals surface area contributed by atoms with E-state index in [0.29, 0.717) is 28.2 Å². The van der Waals surface area contributed by atoms with Crippen LogP contribution in [0.1, 0.15) is 37.4 Å². The number of halogens is 3. The smallest absolute Gasteiger partial charge is 0.379 e. The van der Waals surface area contributed by atoms with Gasteiger partial charge in [-0.2, -0.15) is 13.2 Å². The molecule has 5 rings (SSSR count). The lowest BCUT2D eigenvalue weighted by Crippen LogP contribution is -2.43. The Kier molecular flexibility index (Phi) is 5.54. The minimum atomic E-state index is -4.75. The molecular formula is C23H25F3N4O2. The van der Waals surface area contributed by atoms with Crippen LogP contribution in [0.2, 0.25) is 0 Å². The van der Waals surface area contributed by atoms with Crippen LogP contribution in [0.5, 0.6) is 0 Å². The molecule has 2 aliphatic rings. The van der Waals surface area contributed by atoms with E-state index in [9.17, 15) is 18.3 Å². The number of aliphatic hydroxyl groups is 1. The lowest BCUT2D eigenvalue weighted by atomic mass is 9.94. The summed E-state index contributed by atoms with van der Waals surface area (Å²) in [5.74, 6) is 0. The van der Waals surface area contributed by atoms with Crippen LogP contribution in [0, 0.1) is 0 Å². The SMILES string of the molecule is OC(c1ccccc1-c1cc(N2CCC(N3CCCC3)CC2)c2nonc2c1)C(F)(F)F. The van der Waals surface area contributed by atoms with E-state index >= 15 is 0 Å².